The second-order valence-electron chi connectivity index (χ2n) is 4.01. The predicted octanol–water partition coefficient (Wildman–Crippen LogP) is 2.05. The Balaban J connectivity index is 2.31. The van der Waals surface area contributed by atoms with E-state index in [0.717, 1.165) is 13.1 Å². The van der Waals surface area contributed by atoms with Crippen LogP contribution in [0.25, 0.3) is 0 Å². The molecule has 1 fully saturated rings. The van der Waals surface area contributed by atoms with Crippen LogP contribution in [0.4, 0.5) is 0 Å². The number of nitrogens with one attached hydrogen (secondary N) is 1. The number of amides is 1. The van der Waals surface area contributed by atoms with Gasteiger partial charge in [-0.15, -0.1) is 0 Å². The molecular formula is C12H14Cl2N2O2. The molecule has 0 aliphatic carbocycles. The Labute approximate surface area is 116 Å². The molecule has 0 aromatic heterocycles. The normalized spacial score (nSPS) is 15.6. The quantitative estimate of drug-likeness (QED) is 0.906. The Morgan fingerprint density at radius 2 is 1.89 bits per heavy atom. The second-order valence-corrected chi connectivity index (χ2v) is 4.82. The van der Waals surface area contributed by atoms with Crippen molar-refractivity contribution in [2.75, 3.05) is 33.3 Å². The van der Waals surface area contributed by atoms with E-state index in [2.05, 4.69) is 5.32 Å². The summed E-state index contributed by atoms with van der Waals surface area (Å²) >= 11 is 11.9. The van der Waals surface area contributed by atoms with Gasteiger partial charge in [0.15, 0.2) is 0 Å². The number of methoxy groups -OCH3 is 1. The number of nitrogens with zero attached hydrogens (tertiary/aromatic N) is 1. The number of halogens is 2. The lowest BCUT2D eigenvalue weighted by atomic mass is 10.1. The Kier molecular flexibility index (Phi) is 4.32. The maximum Gasteiger partial charge on any atom is 0.257 e. The highest BCUT2D eigenvalue weighted by Gasteiger charge is 2.22. The summed E-state index contributed by atoms with van der Waals surface area (Å²) < 4.78 is 5.19. The Morgan fingerprint density at radius 1 is 1.28 bits per heavy atom. The molecule has 0 spiro atoms. The maximum absolute atomic E-state index is 12.4. The first-order valence-corrected chi connectivity index (χ1v) is 6.42. The van der Waals surface area contributed by atoms with Crippen LogP contribution in [-0.4, -0.2) is 44.1 Å². The molecule has 0 bridgehead atoms. The van der Waals surface area contributed by atoms with Crippen molar-refractivity contribution in [2.45, 2.75) is 0 Å². The number of rotatable bonds is 2. The van der Waals surface area contributed by atoms with Gasteiger partial charge in [0.2, 0.25) is 0 Å². The SMILES string of the molecule is COc1cc(Cl)c(Cl)cc1C(=O)N1CCNCC1. The first-order chi connectivity index (χ1) is 8.63. The zero-order valence-electron chi connectivity index (χ0n) is 10.0. The van der Waals surface area contributed by atoms with Crippen molar-refractivity contribution in [1.29, 1.82) is 0 Å². The molecule has 1 aliphatic heterocycles. The summed E-state index contributed by atoms with van der Waals surface area (Å²) in [5.74, 6) is 0.375. The van der Waals surface area contributed by atoms with Crippen LogP contribution in [0.15, 0.2) is 12.1 Å². The van der Waals surface area contributed by atoms with Crippen LogP contribution in [0.3, 0.4) is 0 Å². The van der Waals surface area contributed by atoms with E-state index >= 15 is 0 Å². The van der Waals surface area contributed by atoms with E-state index in [1.165, 1.54) is 7.11 Å². The molecule has 1 N–H and O–H groups in total. The molecule has 0 radical (unpaired) electrons. The van der Waals surface area contributed by atoms with Crippen LogP contribution in [0, 0.1) is 0 Å². The third-order valence-electron chi connectivity index (χ3n) is 2.88. The van der Waals surface area contributed by atoms with Gasteiger partial charge in [-0.2, -0.15) is 0 Å². The number of ether oxygens (including phenoxy) is 1. The molecule has 6 heteroatoms. The molecule has 1 aromatic carbocycles. The molecule has 0 atom stereocenters. The van der Waals surface area contributed by atoms with Crippen LogP contribution in [0.5, 0.6) is 5.75 Å². The zero-order valence-corrected chi connectivity index (χ0v) is 11.5. The van der Waals surface area contributed by atoms with Gasteiger partial charge in [0.25, 0.3) is 5.91 Å². The van der Waals surface area contributed by atoms with E-state index in [-0.39, 0.29) is 5.91 Å². The zero-order chi connectivity index (χ0) is 13.1. The molecule has 0 unspecified atom stereocenters. The highest BCUT2D eigenvalue weighted by atomic mass is 35.5. The summed E-state index contributed by atoms with van der Waals surface area (Å²) in [6.07, 6.45) is 0. The molecule has 1 aromatic rings. The summed E-state index contributed by atoms with van der Waals surface area (Å²) in [6.45, 7) is 2.97. The molecule has 98 valence electrons. The summed E-state index contributed by atoms with van der Waals surface area (Å²) in [4.78, 5) is 14.1. The highest BCUT2D eigenvalue weighted by molar-refractivity contribution is 6.42. The first kappa shape index (κ1) is 13.5. The number of piperazine rings is 1. The molecule has 1 heterocycles. The largest absolute Gasteiger partial charge is 0.496 e. The minimum atomic E-state index is -0.0769. The minimum absolute atomic E-state index is 0.0769. The lowest BCUT2D eigenvalue weighted by Gasteiger charge is -2.28. The van der Waals surface area contributed by atoms with Gasteiger partial charge in [-0.1, -0.05) is 23.2 Å². The Hall–Kier alpha value is -0.970. The highest BCUT2D eigenvalue weighted by Crippen LogP contribution is 2.31. The molecule has 18 heavy (non-hydrogen) atoms. The van der Waals surface area contributed by atoms with Crippen LogP contribution < -0.4 is 10.1 Å². The summed E-state index contributed by atoms with van der Waals surface area (Å²) in [7, 11) is 1.51. The standard InChI is InChI=1S/C12H14Cl2N2O2/c1-18-11-7-10(14)9(13)6-8(11)12(17)16-4-2-15-3-5-16/h6-7,15H,2-5H2,1H3. The van der Waals surface area contributed by atoms with Gasteiger partial charge in [-0.3, -0.25) is 4.79 Å². The Morgan fingerprint density at radius 3 is 2.50 bits per heavy atom. The molecule has 1 aliphatic rings. The van der Waals surface area contributed by atoms with E-state index in [4.69, 9.17) is 27.9 Å². The van der Waals surface area contributed by atoms with Gasteiger partial charge in [0.1, 0.15) is 5.75 Å². The van der Waals surface area contributed by atoms with Crippen molar-refractivity contribution < 1.29 is 9.53 Å². The topological polar surface area (TPSA) is 41.6 Å². The van der Waals surface area contributed by atoms with Gasteiger partial charge < -0.3 is 15.0 Å². The maximum atomic E-state index is 12.4. The minimum Gasteiger partial charge on any atom is -0.496 e. The van der Waals surface area contributed by atoms with Gasteiger partial charge in [-0.25, -0.2) is 0 Å². The monoisotopic (exact) mass is 288 g/mol. The third-order valence-corrected chi connectivity index (χ3v) is 3.60. The van der Waals surface area contributed by atoms with Gasteiger partial charge in [0.05, 0.1) is 22.7 Å². The smallest absolute Gasteiger partial charge is 0.257 e. The van der Waals surface area contributed by atoms with Crippen molar-refractivity contribution in [1.82, 2.24) is 10.2 Å². The number of hydrogen-bond acceptors (Lipinski definition) is 3. The number of carbonyl (C=O) groups excluding carboxylic acids is 1. The van der Waals surface area contributed by atoms with E-state index in [9.17, 15) is 4.79 Å². The second kappa shape index (κ2) is 5.78. The van der Waals surface area contributed by atoms with E-state index in [1.54, 1.807) is 17.0 Å². The van der Waals surface area contributed by atoms with Crippen molar-refractivity contribution in [3.63, 3.8) is 0 Å². The summed E-state index contributed by atoms with van der Waals surface area (Å²) in [6, 6.07) is 3.13. The van der Waals surface area contributed by atoms with Gasteiger partial charge in [0, 0.05) is 32.2 Å². The average Bonchev–Trinajstić information content (AvgIpc) is 2.41. The van der Waals surface area contributed by atoms with Crippen LogP contribution in [-0.2, 0) is 0 Å². The van der Waals surface area contributed by atoms with Crippen LogP contribution in [0.2, 0.25) is 10.0 Å². The van der Waals surface area contributed by atoms with Crippen molar-refractivity contribution in [3.8, 4) is 5.75 Å². The molecule has 2 rings (SSSR count). The number of benzene rings is 1. The molecular weight excluding hydrogens is 275 g/mol. The van der Waals surface area contributed by atoms with Crippen molar-refractivity contribution >= 4 is 29.1 Å². The number of hydrogen-bond donors (Lipinski definition) is 1. The third kappa shape index (κ3) is 2.71. The Bertz CT molecular complexity index is 460. The molecule has 1 saturated heterocycles. The first-order valence-electron chi connectivity index (χ1n) is 5.66. The summed E-state index contributed by atoms with van der Waals surface area (Å²) in [5, 5.41) is 3.94. The lowest BCUT2D eigenvalue weighted by molar-refractivity contribution is 0.0732. The van der Waals surface area contributed by atoms with Gasteiger partial charge in [-0.05, 0) is 6.07 Å². The van der Waals surface area contributed by atoms with Crippen LogP contribution in [0.1, 0.15) is 10.4 Å². The molecule has 0 saturated carbocycles. The van der Waals surface area contributed by atoms with Gasteiger partial charge >= 0.3 is 0 Å². The summed E-state index contributed by atoms with van der Waals surface area (Å²) in [5.41, 5.74) is 0.453. The van der Waals surface area contributed by atoms with E-state index in [0.29, 0.717) is 34.4 Å². The van der Waals surface area contributed by atoms with Crippen LogP contribution >= 0.6 is 23.2 Å². The van der Waals surface area contributed by atoms with E-state index < -0.39 is 0 Å². The molecule has 1 amide bonds. The van der Waals surface area contributed by atoms with E-state index in [1.807, 2.05) is 0 Å². The predicted molar refractivity (Wildman–Crippen MR) is 71.8 cm³/mol. The van der Waals surface area contributed by atoms with Crippen molar-refractivity contribution in [2.24, 2.45) is 0 Å². The average molecular weight is 289 g/mol. The lowest BCUT2D eigenvalue weighted by Crippen LogP contribution is -2.46. The van der Waals surface area contributed by atoms with Crippen molar-refractivity contribution in [3.05, 3.63) is 27.7 Å². The fourth-order valence-corrected chi connectivity index (χ4v) is 2.22. The molecule has 4 nitrogen and oxygen atoms in total. The fourth-order valence-electron chi connectivity index (χ4n) is 1.90. The fraction of sp³-hybridized carbons (Fsp3) is 0.417. The number of carbonyl (C=O) groups is 1.